The molecule has 2 aromatic rings. The molecule has 0 aliphatic carbocycles. The quantitative estimate of drug-likeness (QED) is 0.867. The molecule has 106 valence electrons. The van der Waals surface area contributed by atoms with Crippen molar-refractivity contribution in [2.75, 3.05) is 18.0 Å². The SMILES string of the molecule is Cc1csc(N2CCC[C@@H](OCc3cccnc3)C2)n1. The van der Waals surface area contributed by atoms with Gasteiger partial charge < -0.3 is 9.64 Å². The van der Waals surface area contributed by atoms with Crippen LogP contribution in [0.2, 0.25) is 0 Å². The lowest BCUT2D eigenvalue weighted by atomic mass is 10.1. The molecule has 0 aromatic carbocycles. The van der Waals surface area contributed by atoms with Gasteiger partial charge in [-0.1, -0.05) is 6.07 Å². The molecule has 0 bridgehead atoms. The van der Waals surface area contributed by atoms with Gasteiger partial charge in [0, 0.05) is 30.9 Å². The predicted octanol–water partition coefficient (Wildman–Crippen LogP) is 3.03. The molecular weight excluding hydrogens is 270 g/mol. The van der Waals surface area contributed by atoms with Crippen molar-refractivity contribution in [1.82, 2.24) is 9.97 Å². The molecule has 1 aliphatic rings. The van der Waals surface area contributed by atoms with Gasteiger partial charge in [-0.05, 0) is 31.4 Å². The average Bonchev–Trinajstić information content (AvgIpc) is 2.93. The molecule has 1 atom stereocenters. The summed E-state index contributed by atoms with van der Waals surface area (Å²) in [6.07, 6.45) is 6.23. The van der Waals surface area contributed by atoms with Crippen molar-refractivity contribution in [2.24, 2.45) is 0 Å². The Morgan fingerprint density at radius 2 is 2.45 bits per heavy atom. The highest BCUT2D eigenvalue weighted by Crippen LogP contribution is 2.25. The van der Waals surface area contributed by atoms with Crippen LogP contribution >= 0.6 is 11.3 Å². The number of nitrogens with zero attached hydrogens (tertiary/aromatic N) is 3. The Morgan fingerprint density at radius 1 is 1.50 bits per heavy atom. The maximum atomic E-state index is 6.02. The van der Waals surface area contributed by atoms with E-state index in [4.69, 9.17) is 4.74 Å². The molecule has 0 spiro atoms. The number of aromatic nitrogens is 2. The van der Waals surface area contributed by atoms with Crippen LogP contribution in [0.25, 0.3) is 0 Å². The molecule has 2 aromatic heterocycles. The Morgan fingerprint density at radius 3 is 3.20 bits per heavy atom. The Hall–Kier alpha value is -1.46. The summed E-state index contributed by atoms with van der Waals surface area (Å²) in [4.78, 5) is 11.0. The fourth-order valence-electron chi connectivity index (χ4n) is 2.43. The van der Waals surface area contributed by atoms with E-state index in [0.717, 1.165) is 42.3 Å². The van der Waals surface area contributed by atoms with Gasteiger partial charge in [0.1, 0.15) is 0 Å². The molecule has 0 radical (unpaired) electrons. The van der Waals surface area contributed by atoms with Crippen LogP contribution in [0.3, 0.4) is 0 Å². The Balaban J connectivity index is 1.55. The zero-order valence-corrected chi connectivity index (χ0v) is 12.5. The summed E-state index contributed by atoms with van der Waals surface area (Å²) < 4.78 is 6.02. The number of hydrogen-bond donors (Lipinski definition) is 0. The van der Waals surface area contributed by atoms with Crippen LogP contribution in [-0.2, 0) is 11.3 Å². The number of aryl methyl sites for hydroxylation is 1. The van der Waals surface area contributed by atoms with Crippen LogP contribution in [0.4, 0.5) is 5.13 Å². The summed E-state index contributed by atoms with van der Waals surface area (Å²) in [5, 5.41) is 3.23. The van der Waals surface area contributed by atoms with Crippen molar-refractivity contribution in [3.63, 3.8) is 0 Å². The first-order chi connectivity index (χ1) is 9.81. The number of ether oxygens (including phenoxy) is 1. The van der Waals surface area contributed by atoms with Crippen LogP contribution in [0.15, 0.2) is 29.9 Å². The maximum Gasteiger partial charge on any atom is 0.185 e. The van der Waals surface area contributed by atoms with Crippen molar-refractivity contribution in [1.29, 1.82) is 0 Å². The molecular formula is C15H19N3OS. The molecule has 5 heteroatoms. The lowest BCUT2D eigenvalue weighted by Gasteiger charge is -2.32. The molecule has 0 amide bonds. The normalized spacial score (nSPS) is 19.2. The van der Waals surface area contributed by atoms with E-state index in [9.17, 15) is 0 Å². The first-order valence-corrected chi connectivity index (χ1v) is 7.87. The van der Waals surface area contributed by atoms with E-state index in [1.165, 1.54) is 0 Å². The van der Waals surface area contributed by atoms with E-state index < -0.39 is 0 Å². The second-order valence-electron chi connectivity index (χ2n) is 5.15. The van der Waals surface area contributed by atoms with Gasteiger partial charge in [0.05, 0.1) is 18.4 Å². The minimum absolute atomic E-state index is 0.285. The van der Waals surface area contributed by atoms with Gasteiger partial charge in [0.15, 0.2) is 5.13 Å². The molecule has 0 saturated carbocycles. The summed E-state index contributed by atoms with van der Waals surface area (Å²) in [6.45, 7) is 4.70. The smallest absolute Gasteiger partial charge is 0.185 e. The van der Waals surface area contributed by atoms with E-state index in [2.05, 4.69) is 26.3 Å². The Bertz CT molecular complexity index is 543. The summed E-state index contributed by atoms with van der Waals surface area (Å²) in [6, 6.07) is 4.00. The molecule has 1 saturated heterocycles. The van der Waals surface area contributed by atoms with Gasteiger partial charge in [0.25, 0.3) is 0 Å². The Kier molecular flexibility index (Phi) is 4.28. The zero-order valence-electron chi connectivity index (χ0n) is 11.7. The van der Waals surface area contributed by atoms with Crippen molar-refractivity contribution in [3.05, 3.63) is 41.2 Å². The fourth-order valence-corrected chi connectivity index (χ4v) is 3.27. The zero-order chi connectivity index (χ0) is 13.8. The highest BCUT2D eigenvalue weighted by Gasteiger charge is 2.22. The third-order valence-corrected chi connectivity index (χ3v) is 4.48. The standard InChI is InChI=1S/C15H19N3OS/c1-12-11-20-15(17-12)18-7-3-5-14(9-18)19-10-13-4-2-6-16-8-13/h2,4,6,8,11,14H,3,5,7,9-10H2,1H3/t14-/m1/s1. The van der Waals surface area contributed by atoms with Crippen LogP contribution in [0.5, 0.6) is 0 Å². The molecule has 3 heterocycles. The second-order valence-corrected chi connectivity index (χ2v) is 5.99. The van der Waals surface area contributed by atoms with Crippen LogP contribution in [0.1, 0.15) is 24.1 Å². The average molecular weight is 289 g/mol. The number of pyridine rings is 1. The molecule has 0 N–H and O–H groups in total. The van der Waals surface area contributed by atoms with E-state index in [1.807, 2.05) is 19.2 Å². The molecule has 1 aliphatic heterocycles. The molecule has 0 unspecified atom stereocenters. The summed E-state index contributed by atoms with van der Waals surface area (Å²) in [5.74, 6) is 0. The fraction of sp³-hybridized carbons (Fsp3) is 0.467. The Labute approximate surface area is 123 Å². The summed E-state index contributed by atoms with van der Waals surface area (Å²) in [5.41, 5.74) is 2.23. The third-order valence-electron chi connectivity index (χ3n) is 3.46. The number of anilines is 1. The molecule has 20 heavy (non-hydrogen) atoms. The number of piperidine rings is 1. The predicted molar refractivity (Wildman–Crippen MR) is 81.1 cm³/mol. The van der Waals surface area contributed by atoms with Gasteiger partial charge in [-0.2, -0.15) is 0 Å². The lowest BCUT2D eigenvalue weighted by molar-refractivity contribution is 0.0314. The minimum Gasteiger partial charge on any atom is -0.372 e. The van der Waals surface area contributed by atoms with Crippen molar-refractivity contribution in [3.8, 4) is 0 Å². The molecule has 3 rings (SSSR count). The molecule has 4 nitrogen and oxygen atoms in total. The van der Waals surface area contributed by atoms with Gasteiger partial charge in [-0.25, -0.2) is 4.98 Å². The summed E-state index contributed by atoms with van der Waals surface area (Å²) in [7, 11) is 0. The van der Waals surface area contributed by atoms with Crippen molar-refractivity contribution < 1.29 is 4.74 Å². The van der Waals surface area contributed by atoms with Crippen molar-refractivity contribution in [2.45, 2.75) is 32.5 Å². The topological polar surface area (TPSA) is 38.2 Å². The van der Waals surface area contributed by atoms with Crippen LogP contribution in [-0.4, -0.2) is 29.2 Å². The maximum absolute atomic E-state index is 6.02. The number of thiazole rings is 1. The van der Waals surface area contributed by atoms with E-state index in [-0.39, 0.29) is 6.10 Å². The highest BCUT2D eigenvalue weighted by atomic mass is 32.1. The van der Waals surface area contributed by atoms with Crippen molar-refractivity contribution >= 4 is 16.5 Å². The van der Waals surface area contributed by atoms with E-state index in [0.29, 0.717) is 6.61 Å². The van der Waals surface area contributed by atoms with E-state index >= 15 is 0 Å². The monoisotopic (exact) mass is 289 g/mol. The van der Waals surface area contributed by atoms with E-state index in [1.54, 1.807) is 17.5 Å². The number of hydrogen-bond acceptors (Lipinski definition) is 5. The van der Waals surface area contributed by atoms with Gasteiger partial charge in [-0.15, -0.1) is 11.3 Å². The summed E-state index contributed by atoms with van der Waals surface area (Å²) >= 11 is 1.72. The van der Waals surface area contributed by atoms with Gasteiger partial charge in [0.2, 0.25) is 0 Å². The highest BCUT2D eigenvalue weighted by molar-refractivity contribution is 7.13. The minimum atomic E-state index is 0.285. The molecule has 1 fully saturated rings. The first kappa shape index (κ1) is 13.5. The van der Waals surface area contributed by atoms with Gasteiger partial charge >= 0.3 is 0 Å². The van der Waals surface area contributed by atoms with Crippen LogP contribution < -0.4 is 4.90 Å². The van der Waals surface area contributed by atoms with Gasteiger partial charge in [-0.3, -0.25) is 4.98 Å². The first-order valence-electron chi connectivity index (χ1n) is 6.99. The largest absolute Gasteiger partial charge is 0.372 e. The van der Waals surface area contributed by atoms with Crippen LogP contribution in [0, 0.1) is 6.92 Å². The lowest BCUT2D eigenvalue weighted by Crippen LogP contribution is -2.39. The number of rotatable bonds is 4. The second kappa shape index (κ2) is 6.33. The third kappa shape index (κ3) is 3.35.